The van der Waals surface area contributed by atoms with Gasteiger partial charge in [-0.1, -0.05) is 29.3 Å². The largest absolute Gasteiger partial charge is 0.328 e. The van der Waals surface area contributed by atoms with Crippen LogP contribution in [-0.2, 0) is 0 Å². The molecule has 2 rings (SSSR count). The van der Waals surface area contributed by atoms with Gasteiger partial charge in [-0.3, -0.25) is 4.79 Å². The van der Waals surface area contributed by atoms with Crippen LogP contribution in [0.25, 0.3) is 11.1 Å². The Morgan fingerprint density at radius 3 is 2.20 bits per heavy atom. The van der Waals surface area contributed by atoms with Gasteiger partial charge in [0.25, 0.3) is 0 Å². The molecule has 0 bridgehead atoms. The third-order valence-corrected chi connectivity index (χ3v) is 2.67. The van der Waals surface area contributed by atoms with Gasteiger partial charge in [0, 0.05) is 33.4 Å². The molecule has 2 nitrogen and oxygen atoms in total. The number of pyridine rings is 1. The number of halogens is 2. The lowest BCUT2D eigenvalue weighted by Gasteiger charge is -2.05. The van der Waals surface area contributed by atoms with Crippen LogP contribution in [0.4, 0.5) is 0 Å². The topological polar surface area (TPSA) is 32.9 Å². The molecule has 0 fully saturated rings. The van der Waals surface area contributed by atoms with Crippen LogP contribution in [0.1, 0.15) is 0 Å². The fourth-order valence-electron chi connectivity index (χ4n) is 1.34. The van der Waals surface area contributed by atoms with Gasteiger partial charge in [0.15, 0.2) is 0 Å². The van der Waals surface area contributed by atoms with E-state index < -0.39 is 0 Å². The number of hydrogen-bond acceptors (Lipinski definition) is 1. The van der Waals surface area contributed by atoms with Crippen molar-refractivity contribution in [2.45, 2.75) is 0 Å². The summed E-state index contributed by atoms with van der Waals surface area (Å²) in [4.78, 5) is 13.5. The molecule has 15 heavy (non-hydrogen) atoms. The van der Waals surface area contributed by atoms with Crippen LogP contribution in [0.3, 0.4) is 0 Å². The van der Waals surface area contributed by atoms with Crippen LogP contribution in [0, 0.1) is 0 Å². The lowest BCUT2D eigenvalue weighted by Crippen LogP contribution is -2.01. The molecule has 0 spiro atoms. The predicted molar refractivity (Wildman–Crippen MR) is 62.5 cm³/mol. The van der Waals surface area contributed by atoms with Crippen molar-refractivity contribution in [3.05, 3.63) is 56.9 Å². The van der Waals surface area contributed by atoms with Crippen LogP contribution in [-0.4, -0.2) is 4.98 Å². The molecule has 1 N–H and O–H groups in total. The highest BCUT2D eigenvalue weighted by Gasteiger charge is 2.07. The van der Waals surface area contributed by atoms with E-state index in [4.69, 9.17) is 23.2 Å². The Hall–Kier alpha value is -1.25. The zero-order chi connectivity index (χ0) is 10.8. The molecule has 0 aliphatic rings. The number of rotatable bonds is 1. The molecular formula is C11H7Cl2NO. The minimum atomic E-state index is -0.151. The van der Waals surface area contributed by atoms with Crippen LogP contribution in [0.5, 0.6) is 0 Å². The molecule has 0 atom stereocenters. The molecular weight excluding hydrogens is 233 g/mol. The second kappa shape index (κ2) is 4.09. The molecule has 1 aromatic heterocycles. The van der Waals surface area contributed by atoms with Crippen LogP contribution in [0.15, 0.2) is 41.3 Å². The normalized spacial score (nSPS) is 10.3. The minimum Gasteiger partial charge on any atom is -0.328 e. The average molecular weight is 240 g/mol. The first kappa shape index (κ1) is 10.3. The Kier molecular flexibility index (Phi) is 2.80. The first-order valence-corrected chi connectivity index (χ1v) is 5.07. The lowest BCUT2D eigenvalue weighted by atomic mass is 10.1. The number of H-pyrrole nitrogens is 1. The van der Waals surface area contributed by atoms with Gasteiger partial charge < -0.3 is 4.98 Å². The predicted octanol–water partition coefficient (Wildman–Crippen LogP) is 3.35. The highest BCUT2D eigenvalue weighted by molar-refractivity contribution is 6.39. The molecule has 0 aliphatic carbocycles. The van der Waals surface area contributed by atoms with Gasteiger partial charge in [0.2, 0.25) is 5.56 Å². The highest BCUT2D eigenvalue weighted by Crippen LogP contribution is 2.33. The van der Waals surface area contributed by atoms with E-state index in [1.54, 1.807) is 30.5 Å². The second-order valence-corrected chi connectivity index (χ2v) is 3.85. The minimum absolute atomic E-state index is 0.151. The van der Waals surface area contributed by atoms with E-state index >= 15 is 0 Å². The Balaban J connectivity index is 2.63. The summed E-state index contributed by atoms with van der Waals surface area (Å²) in [6.45, 7) is 0. The van der Waals surface area contributed by atoms with Gasteiger partial charge in [0.1, 0.15) is 0 Å². The van der Waals surface area contributed by atoms with Crippen molar-refractivity contribution < 1.29 is 0 Å². The van der Waals surface area contributed by atoms with E-state index in [-0.39, 0.29) is 5.56 Å². The third kappa shape index (κ3) is 2.06. The van der Waals surface area contributed by atoms with Crippen molar-refractivity contribution in [1.82, 2.24) is 4.98 Å². The molecule has 1 heterocycles. The number of aromatic amines is 1. The first-order chi connectivity index (χ1) is 7.18. The van der Waals surface area contributed by atoms with E-state index in [1.165, 1.54) is 6.07 Å². The summed E-state index contributed by atoms with van der Waals surface area (Å²) >= 11 is 12.1. The molecule has 2 aromatic rings. The second-order valence-electron chi connectivity index (χ2n) is 3.04. The number of hydrogen-bond donors (Lipinski definition) is 1. The van der Waals surface area contributed by atoms with Crippen molar-refractivity contribution in [3.8, 4) is 11.1 Å². The summed E-state index contributed by atoms with van der Waals surface area (Å²) in [7, 11) is 0. The van der Waals surface area contributed by atoms with E-state index in [9.17, 15) is 4.79 Å². The lowest BCUT2D eigenvalue weighted by molar-refractivity contribution is 1.24. The van der Waals surface area contributed by atoms with Crippen molar-refractivity contribution in [3.63, 3.8) is 0 Å². The van der Waals surface area contributed by atoms with Gasteiger partial charge in [-0.2, -0.15) is 0 Å². The van der Waals surface area contributed by atoms with Crippen molar-refractivity contribution in [1.29, 1.82) is 0 Å². The van der Waals surface area contributed by atoms with Gasteiger partial charge in [-0.15, -0.1) is 0 Å². The maximum atomic E-state index is 10.9. The van der Waals surface area contributed by atoms with Crippen LogP contribution >= 0.6 is 23.2 Å². The number of nitrogens with one attached hydrogen (secondary N) is 1. The van der Waals surface area contributed by atoms with Crippen molar-refractivity contribution in [2.75, 3.05) is 0 Å². The van der Waals surface area contributed by atoms with Gasteiger partial charge >= 0.3 is 0 Å². The molecule has 0 unspecified atom stereocenters. The summed E-state index contributed by atoms with van der Waals surface area (Å²) in [6.07, 6.45) is 1.59. The highest BCUT2D eigenvalue weighted by atomic mass is 35.5. The third-order valence-electron chi connectivity index (χ3n) is 2.04. The maximum Gasteiger partial charge on any atom is 0.247 e. The summed E-state index contributed by atoms with van der Waals surface area (Å²) in [5, 5.41) is 1.13. The Bertz CT molecular complexity index is 508. The molecule has 1 aromatic carbocycles. The number of aromatic nitrogens is 1. The first-order valence-electron chi connectivity index (χ1n) is 4.31. The fourth-order valence-corrected chi connectivity index (χ4v) is 1.96. The molecule has 0 saturated carbocycles. The zero-order valence-corrected chi connectivity index (χ0v) is 9.14. The number of benzene rings is 1. The molecule has 4 heteroatoms. The van der Waals surface area contributed by atoms with Gasteiger partial charge in [-0.25, -0.2) is 0 Å². The molecule has 0 aliphatic heterocycles. The SMILES string of the molecule is O=c1ccc(-c2c(Cl)cccc2Cl)c[nH]1. The van der Waals surface area contributed by atoms with E-state index in [2.05, 4.69) is 4.98 Å². The summed E-state index contributed by atoms with van der Waals surface area (Å²) in [6, 6.07) is 8.42. The fraction of sp³-hybridized carbons (Fsp3) is 0. The Morgan fingerprint density at radius 1 is 1.00 bits per heavy atom. The average Bonchev–Trinajstić information content (AvgIpc) is 2.20. The van der Waals surface area contributed by atoms with Gasteiger partial charge in [-0.05, 0) is 18.2 Å². The molecule has 76 valence electrons. The van der Waals surface area contributed by atoms with Crippen LogP contribution in [0.2, 0.25) is 10.0 Å². The van der Waals surface area contributed by atoms with Gasteiger partial charge in [0.05, 0.1) is 0 Å². The smallest absolute Gasteiger partial charge is 0.247 e. The summed E-state index contributed by atoms with van der Waals surface area (Å²) < 4.78 is 0. The summed E-state index contributed by atoms with van der Waals surface area (Å²) in [5.41, 5.74) is 1.38. The molecule has 0 saturated heterocycles. The quantitative estimate of drug-likeness (QED) is 0.814. The van der Waals surface area contributed by atoms with Crippen LogP contribution < -0.4 is 5.56 Å². The Labute approximate surface area is 96.5 Å². The van der Waals surface area contributed by atoms with Crippen molar-refractivity contribution >= 4 is 23.2 Å². The molecule has 0 amide bonds. The summed E-state index contributed by atoms with van der Waals surface area (Å²) in [5.74, 6) is 0. The monoisotopic (exact) mass is 239 g/mol. The van der Waals surface area contributed by atoms with E-state index in [1.807, 2.05) is 0 Å². The zero-order valence-electron chi connectivity index (χ0n) is 7.63. The maximum absolute atomic E-state index is 10.9. The standard InChI is InChI=1S/C11H7Cl2NO/c12-8-2-1-3-9(13)11(8)7-4-5-10(15)14-6-7/h1-6H,(H,14,15). The Morgan fingerprint density at radius 2 is 1.67 bits per heavy atom. The molecule has 0 radical (unpaired) electrons. The van der Waals surface area contributed by atoms with E-state index in [0.29, 0.717) is 10.0 Å². The van der Waals surface area contributed by atoms with Crippen molar-refractivity contribution in [2.24, 2.45) is 0 Å². The van der Waals surface area contributed by atoms with E-state index in [0.717, 1.165) is 11.1 Å².